The molecular formula is C12H21N3S. The van der Waals surface area contributed by atoms with Gasteiger partial charge in [-0.05, 0) is 18.6 Å². The van der Waals surface area contributed by atoms with Crippen LogP contribution in [0.1, 0.15) is 25.6 Å². The van der Waals surface area contributed by atoms with E-state index in [-0.39, 0.29) is 0 Å². The summed E-state index contributed by atoms with van der Waals surface area (Å²) in [4.78, 5) is 4.34. The average molecular weight is 239 g/mol. The first-order valence-corrected chi connectivity index (χ1v) is 7.13. The van der Waals surface area contributed by atoms with Crippen molar-refractivity contribution in [3.05, 3.63) is 18.2 Å². The van der Waals surface area contributed by atoms with Gasteiger partial charge in [0.15, 0.2) is 0 Å². The molecule has 0 radical (unpaired) electrons. The van der Waals surface area contributed by atoms with Crippen molar-refractivity contribution in [3.63, 3.8) is 0 Å². The van der Waals surface area contributed by atoms with Crippen molar-refractivity contribution < 1.29 is 0 Å². The molecule has 1 fully saturated rings. The molecule has 0 saturated carbocycles. The minimum absolute atomic E-state index is 0.694. The Morgan fingerprint density at radius 1 is 1.62 bits per heavy atom. The lowest BCUT2D eigenvalue weighted by Gasteiger charge is -2.29. The number of hydrogen-bond acceptors (Lipinski definition) is 3. The Labute approximate surface area is 102 Å². The van der Waals surface area contributed by atoms with Gasteiger partial charge in [0, 0.05) is 43.7 Å². The molecule has 0 amide bonds. The zero-order valence-corrected chi connectivity index (χ0v) is 11.0. The smallest absolute Gasteiger partial charge is 0.109 e. The van der Waals surface area contributed by atoms with Crippen LogP contribution in [0.4, 0.5) is 0 Å². The highest BCUT2D eigenvalue weighted by atomic mass is 32.2. The zero-order valence-electron chi connectivity index (χ0n) is 10.1. The van der Waals surface area contributed by atoms with Crippen LogP contribution in [0.25, 0.3) is 0 Å². The van der Waals surface area contributed by atoms with E-state index in [1.807, 2.05) is 12.4 Å². The van der Waals surface area contributed by atoms with Crippen LogP contribution in [0.5, 0.6) is 0 Å². The van der Waals surface area contributed by atoms with Crippen molar-refractivity contribution in [1.82, 2.24) is 14.9 Å². The Morgan fingerprint density at radius 3 is 3.19 bits per heavy atom. The highest BCUT2D eigenvalue weighted by Gasteiger charge is 2.20. The van der Waals surface area contributed by atoms with Crippen LogP contribution in [-0.4, -0.2) is 33.1 Å². The van der Waals surface area contributed by atoms with Crippen LogP contribution in [0.15, 0.2) is 12.4 Å². The summed E-state index contributed by atoms with van der Waals surface area (Å²) in [5, 5.41) is 4.42. The number of imidazole rings is 1. The number of aromatic nitrogens is 2. The molecule has 4 heteroatoms. The Bertz CT molecular complexity index is 324. The van der Waals surface area contributed by atoms with E-state index in [2.05, 4.69) is 40.6 Å². The Morgan fingerprint density at radius 2 is 2.50 bits per heavy atom. The maximum Gasteiger partial charge on any atom is 0.109 e. The van der Waals surface area contributed by atoms with Crippen LogP contribution in [0.3, 0.4) is 0 Å². The Hall–Kier alpha value is -0.480. The lowest BCUT2D eigenvalue weighted by molar-refractivity contribution is 0.462. The monoisotopic (exact) mass is 239 g/mol. The van der Waals surface area contributed by atoms with Gasteiger partial charge in [0.05, 0.1) is 0 Å². The predicted molar refractivity (Wildman–Crippen MR) is 69.9 cm³/mol. The molecule has 1 aromatic heterocycles. The van der Waals surface area contributed by atoms with Crippen molar-refractivity contribution >= 4 is 11.8 Å². The topological polar surface area (TPSA) is 29.9 Å². The number of rotatable bonds is 4. The Kier molecular flexibility index (Phi) is 4.29. The fraction of sp³-hybridized carbons (Fsp3) is 0.750. The number of nitrogens with one attached hydrogen (secondary N) is 1. The van der Waals surface area contributed by atoms with Gasteiger partial charge >= 0.3 is 0 Å². The second-order valence-electron chi connectivity index (χ2n) is 4.48. The van der Waals surface area contributed by atoms with E-state index in [0.717, 1.165) is 18.2 Å². The van der Waals surface area contributed by atoms with Gasteiger partial charge in [-0.2, -0.15) is 11.8 Å². The van der Waals surface area contributed by atoms with Crippen molar-refractivity contribution in [2.24, 2.45) is 7.05 Å². The predicted octanol–water partition coefficient (Wildman–Crippen LogP) is 1.84. The van der Waals surface area contributed by atoms with Crippen molar-refractivity contribution in [2.75, 3.05) is 12.3 Å². The molecule has 3 nitrogen and oxygen atoms in total. The summed E-state index contributed by atoms with van der Waals surface area (Å²) in [5.74, 6) is 2.50. The third kappa shape index (κ3) is 3.01. The summed E-state index contributed by atoms with van der Waals surface area (Å²) in [7, 11) is 2.06. The first-order valence-electron chi connectivity index (χ1n) is 6.08. The molecule has 2 atom stereocenters. The summed E-state index contributed by atoms with van der Waals surface area (Å²) < 4.78 is 2.10. The zero-order chi connectivity index (χ0) is 11.4. The van der Waals surface area contributed by atoms with E-state index in [4.69, 9.17) is 0 Å². The molecule has 1 aromatic rings. The fourth-order valence-corrected chi connectivity index (χ4v) is 3.37. The van der Waals surface area contributed by atoms with Crippen LogP contribution < -0.4 is 5.32 Å². The largest absolute Gasteiger partial charge is 0.338 e. The third-order valence-electron chi connectivity index (χ3n) is 3.28. The normalized spacial score (nSPS) is 25.9. The lowest BCUT2D eigenvalue weighted by Crippen LogP contribution is -2.40. The molecule has 16 heavy (non-hydrogen) atoms. The summed E-state index contributed by atoms with van der Waals surface area (Å²) in [5.41, 5.74) is 0. The first-order chi connectivity index (χ1) is 7.77. The molecule has 0 aliphatic carbocycles. The standard InChI is InChI=1S/C12H21N3S/c1-10-11(4-3-9-16-10)13-6-5-12-14-7-8-15(12)2/h7-8,10-11,13H,3-6,9H2,1-2H3. The van der Waals surface area contributed by atoms with Crippen molar-refractivity contribution in [1.29, 1.82) is 0 Å². The minimum Gasteiger partial charge on any atom is -0.338 e. The molecular weight excluding hydrogens is 218 g/mol. The number of aryl methyl sites for hydroxylation is 1. The Balaban J connectivity index is 1.73. The maximum absolute atomic E-state index is 4.34. The lowest BCUT2D eigenvalue weighted by atomic mass is 10.1. The van der Waals surface area contributed by atoms with Crippen LogP contribution in [-0.2, 0) is 13.5 Å². The van der Waals surface area contributed by atoms with Gasteiger partial charge < -0.3 is 9.88 Å². The average Bonchev–Trinajstić information content (AvgIpc) is 2.67. The minimum atomic E-state index is 0.694. The molecule has 1 N–H and O–H groups in total. The van der Waals surface area contributed by atoms with E-state index in [1.54, 1.807) is 0 Å². The second-order valence-corrected chi connectivity index (χ2v) is 5.97. The number of thioether (sulfide) groups is 1. The summed E-state index contributed by atoms with van der Waals surface area (Å²) in [6.45, 7) is 3.38. The van der Waals surface area contributed by atoms with Gasteiger partial charge in [0.1, 0.15) is 5.82 Å². The van der Waals surface area contributed by atoms with Crippen LogP contribution in [0, 0.1) is 0 Å². The van der Waals surface area contributed by atoms with Crippen molar-refractivity contribution in [2.45, 2.75) is 37.5 Å². The SMILES string of the molecule is CC1SCCCC1NCCc1nccn1C. The van der Waals surface area contributed by atoms with Crippen molar-refractivity contribution in [3.8, 4) is 0 Å². The van der Waals surface area contributed by atoms with Gasteiger partial charge in [-0.25, -0.2) is 4.98 Å². The van der Waals surface area contributed by atoms with Crippen LogP contribution >= 0.6 is 11.8 Å². The number of nitrogens with zero attached hydrogens (tertiary/aromatic N) is 2. The molecule has 1 saturated heterocycles. The van der Waals surface area contributed by atoms with E-state index in [1.165, 1.54) is 24.4 Å². The van der Waals surface area contributed by atoms with E-state index < -0.39 is 0 Å². The van der Waals surface area contributed by atoms with Gasteiger partial charge in [0.25, 0.3) is 0 Å². The van der Waals surface area contributed by atoms with Crippen LogP contribution in [0.2, 0.25) is 0 Å². The molecule has 1 aliphatic heterocycles. The molecule has 0 spiro atoms. The molecule has 2 unspecified atom stereocenters. The quantitative estimate of drug-likeness (QED) is 0.869. The van der Waals surface area contributed by atoms with E-state index in [9.17, 15) is 0 Å². The molecule has 0 aromatic carbocycles. The molecule has 2 heterocycles. The summed E-state index contributed by atoms with van der Waals surface area (Å²) in [6.07, 6.45) is 7.59. The fourth-order valence-electron chi connectivity index (χ4n) is 2.20. The number of hydrogen-bond donors (Lipinski definition) is 1. The molecule has 90 valence electrons. The third-order valence-corrected chi connectivity index (χ3v) is 4.66. The maximum atomic E-state index is 4.34. The molecule has 1 aliphatic rings. The van der Waals surface area contributed by atoms with Gasteiger partial charge in [-0.3, -0.25) is 0 Å². The highest BCUT2D eigenvalue weighted by molar-refractivity contribution is 7.99. The van der Waals surface area contributed by atoms with E-state index in [0.29, 0.717) is 6.04 Å². The van der Waals surface area contributed by atoms with Gasteiger partial charge in [0.2, 0.25) is 0 Å². The summed E-state index contributed by atoms with van der Waals surface area (Å²) in [6, 6.07) is 0.694. The van der Waals surface area contributed by atoms with Gasteiger partial charge in [-0.15, -0.1) is 0 Å². The highest BCUT2D eigenvalue weighted by Crippen LogP contribution is 2.24. The van der Waals surface area contributed by atoms with Gasteiger partial charge in [-0.1, -0.05) is 6.92 Å². The van der Waals surface area contributed by atoms with E-state index >= 15 is 0 Å². The second kappa shape index (κ2) is 5.73. The summed E-state index contributed by atoms with van der Waals surface area (Å²) >= 11 is 2.09. The molecule has 0 bridgehead atoms. The first kappa shape index (κ1) is 12.0. The molecule has 2 rings (SSSR count).